The third-order valence-corrected chi connectivity index (χ3v) is 2.25. The van der Waals surface area contributed by atoms with Gasteiger partial charge in [0, 0.05) is 12.4 Å². The van der Waals surface area contributed by atoms with Crippen LogP contribution >= 0.6 is 0 Å². The summed E-state index contributed by atoms with van der Waals surface area (Å²) in [6.45, 7) is 0.0567. The molecule has 0 fully saturated rings. The maximum absolute atomic E-state index is 12.8. The van der Waals surface area contributed by atoms with Gasteiger partial charge in [0.15, 0.2) is 0 Å². The molecule has 86 valence electrons. The number of pyridine rings is 1. The first-order chi connectivity index (χ1) is 8.33. The van der Waals surface area contributed by atoms with Crippen molar-refractivity contribution in [3.63, 3.8) is 0 Å². The average molecular weight is 233 g/mol. The van der Waals surface area contributed by atoms with Crippen LogP contribution in [-0.4, -0.2) is 26.9 Å². The Balaban J connectivity index is 1.86. The van der Waals surface area contributed by atoms with Gasteiger partial charge in [-0.05, 0) is 17.3 Å². The van der Waals surface area contributed by atoms with Gasteiger partial charge in [0.25, 0.3) is 11.8 Å². The van der Waals surface area contributed by atoms with Crippen LogP contribution in [0.2, 0.25) is 0 Å². The van der Waals surface area contributed by atoms with Gasteiger partial charge in [-0.15, -0.1) is 0 Å². The summed E-state index contributed by atoms with van der Waals surface area (Å²) >= 11 is 0. The molecule has 0 N–H and O–H groups in total. The second kappa shape index (κ2) is 3.85. The van der Waals surface area contributed by atoms with Crippen molar-refractivity contribution in [3.05, 3.63) is 36.8 Å². The lowest BCUT2D eigenvalue weighted by Gasteiger charge is -2.09. The van der Waals surface area contributed by atoms with Crippen LogP contribution in [0, 0.1) is 0 Å². The van der Waals surface area contributed by atoms with E-state index >= 15 is 0 Å². The van der Waals surface area contributed by atoms with Crippen LogP contribution in [0.1, 0.15) is 0 Å². The molecule has 0 spiro atoms. The largest absolute Gasteiger partial charge is 0.330 e. The minimum Gasteiger partial charge on any atom is -0.330 e. The van der Waals surface area contributed by atoms with E-state index in [2.05, 4.69) is 15.1 Å². The lowest BCUT2D eigenvalue weighted by molar-refractivity contribution is 0.104. The van der Waals surface area contributed by atoms with Crippen molar-refractivity contribution in [2.75, 3.05) is 11.6 Å². The molecule has 0 bridgehead atoms. The maximum Gasteiger partial charge on any atom is 0.278 e. The smallest absolute Gasteiger partial charge is 0.278 e. The number of hydrogen-bond donors (Lipinski definition) is 0. The van der Waals surface area contributed by atoms with E-state index < -0.39 is 0 Å². The van der Waals surface area contributed by atoms with E-state index in [9.17, 15) is 4.48 Å². The van der Waals surface area contributed by atoms with Gasteiger partial charge >= 0.3 is 0 Å². The predicted molar refractivity (Wildman–Crippen MR) is 57.0 cm³/mol. The van der Waals surface area contributed by atoms with Crippen LogP contribution in [0.15, 0.2) is 41.3 Å². The minimum atomic E-state index is 0.0567. The van der Waals surface area contributed by atoms with Crippen molar-refractivity contribution >= 4 is 5.95 Å². The van der Waals surface area contributed by atoms with Gasteiger partial charge in [-0.2, -0.15) is 10.1 Å². The fourth-order valence-electron chi connectivity index (χ4n) is 1.45. The molecule has 1 aliphatic rings. The summed E-state index contributed by atoms with van der Waals surface area (Å²) in [5.41, 5.74) is 0.589. The molecule has 0 amide bonds. The van der Waals surface area contributed by atoms with Crippen LogP contribution < -0.4 is 4.90 Å². The van der Waals surface area contributed by atoms with Crippen LogP contribution in [0.3, 0.4) is 0 Å². The predicted octanol–water partition coefficient (Wildman–Crippen LogP) is 1.57. The van der Waals surface area contributed by atoms with Gasteiger partial charge in [0.05, 0.1) is 6.20 Å². The van der Waals surface area contributed by atoms with E-state index in [4.69, 9.17) is 4.52 Å². The van der Waals surface area contributed by atoms with E-state index in [1.165, 1.54) is 17.3 Å². The Morgan fingerprint density at radius 2 is 2.24 bits per heavy atom. The number of anilines is 1. The first-order valence-electron chi connectivity index (χ1n) is 4.95. The zero-order valence-electron chi connectivity index (χ0n) is 8.69. The Hall–Kier alpha value is -2.44. The fraction of sp³-hybridized carbons (Fsp3) is 0.100. The molecule has 17 heavy (non-hydrogen) atoms. The number of aromatic nitrogens is 3. The molecule has 3 rings (SSSR count). The summed E-state index contributed by atoms with van der Waals surface area (Å²) < 4.78 is 17.9. The standard InChI is InChI=1S/C10H8FN5O/c11-16-6-5-15(7-16)10-13-9(17-14-10)8-3-1-2-4-12-8/h1-6H,7H2. The molecule has 0 aromatic carbocycles. The first-order valence-corrected chi connectivity index (χ1v) is 4.95. The Kier molecular flexibility index (Phi) is 2.21. The summed E-state index contributed by atoms with van der Waals surface area (Å²) in [7, 11) is 0. The van der Waals surface area contributed by atoms with Gasteiger partial charge in [0.2, 0.25) is 0 Å². The molecule has 3 heterocycles. The lowest BCUT2D eigenvalue weighted by atomic mass is 10.3. The van der Waals surface area contributed by atoms with E-state index in [0.29, 0.717) is 22.7 Å². The Bertz CT molecular complexity index is 541. The van der Waals surface area contributed by atoms with Crippen molar-refractivity contribution in [1.29, 1.82) is 0 Å². The number of rotatable bonds is 2. The third-order valence-electron chi connectivity index (χ3n) is 2.25. The zero-order chi connectivity index (χ0) is 11.7. The van der Waals surface area contributed by atoms with E-state index in [1.807, 2.05) is 6.07 Å². The van der Waals surface area contributed by atoms with Crippen LogP contribution in [0.25, 0.3) is 11.6 Å². The Morgan fingerprint density at radius 3 is 2.94 bits per heavy atom. The molecule has 2 aromatic rings. The maximum atomic E-state index is 12.8. The zero-order valence-corrected chi connectivity index (χ0v) is 8.69. The summed E-state index contributed by atoms with van der Waals surface area (Å²) in [5.74, 6) is 0.619. The average Bonchev–Trinajstić information content (AvgIpc) is 2.98. The van der Waals surface area contributed by atoms with Crippen LogP contribution in [0.4, 0.5) is 10.4 Å². The van der Waals surface area contributed by atoms with Crippen molar-refractivity contribution in [2.45, 2.75) is 0 Å². The molecular weight excluding hydrogens is 225 g/mol. The van der Waals surface area contributed by atoms with Gasteiger partial charge < -0.3 is 4.52 Å². The van der Waals surface area contributed by atoms with Gasteiger partial charge in [-0.1, -0.05) is 10.5 Å². The molecule has 0 saturated carbocycles. The van der Waals surface area contributed by atoms with Crippen LogP contribution in [-0.2, 0) is 0 Å². The molecule has 2 aromatic heterocycles. The molecule has 6 nitrogen and oxygen atoms in total. The Labute approximate surface area is 95.9 Å². The number of halogens is 1. The highest BCUT2D eigenvalue weighted by Gasteiger charge is 2.19. The van der Waals surface area contributed by atoms with Crippen molar-refractivity contribution in [2.24, 2.45) is 0 Å². The number of hydrogen-bond acceptors (Lipinski definition) is 6. The normalized spacial score (nSPS) is 14.6. The van der Waals surface area contributed by atoms with Crippen molar-refractivity contribution in [3.8, 4) is 11.6 Å². The highest BCUT2D eigenvalue weighted by atomic mass is 19.2. The van der Waals surface area contributed by atoms with Gasteiger partial charge in [-0.25, -0.2) is 0 Å². The molecule has 7 heteroatoms. The molecule has 0 atom stereocenters. The highest BCUT2D eigenvalue weighted by Crippen LogP contribution is 2.20. The molecule has 1 aliphatic heterocycles. The van der Waals surface area contributed by atoms with E-state index in [-0.39, 0.29) is 6.67 Å². The quantitative estimate of drug-likeness (QED) is 0.734. The second-order valence-corrected chi connectivity index (χ2v) is 3.42. The third kappa shape index (κ3) is 1.82. The van der Waals surface area contributed by atoms with E-state index in [1.54, 1.807) is 18.3 Å². The molecule has 0 saturated heterocycles. The van der Waals surface area contributed by atoms with Crippen LogP contribution in [0.5, 0.6) is 0 Å². The Morgan fingerprint density at radius 1 is 1.29 bits per heavy atom. The lowest BCUT2D eigenvalue weighted by Crippen LogP contribution is -2.20. The summed E-state index contributed by atoms with van der Waals surface area (Å²) in [4.78, 5) is 9.75. The van der Waals surface area contributed by atoms with Gasteiger partial charge in [-0.3, -0.25) is 9.88 Å². The summed E-state index contributed by atoms with van der Waals surface area (Å²) in [6.07, 6.45) is 4.46. The highest BCUT2D eigenvalue weighted by molar-refractivity contribution is 5.49. The number of nitrogens with zero attached hydrogens (tertiary/aromatic N) is 5. The molecular formula is C10H8FN5O. The minimum absolute atomic E-state index is 0.0567. The molecule has 0 radical (unpaired) electrons. The van der Waals surface area contributed by atoms with E-state index in [0.717, 1.165) is 0 Å². The molecule has 0 aliphatic carbocycles. The van der Waals surface area contributed by atoms with Gasteiger partial charge in [0.1, 0.15) is 12.4 Å². The topological polar surface area (TPSA) is 58.3 Å². The monoisotopic (exact) mass is 233 g/mol. The first kappa shape index (κ1) is 9.76. The molecule has 0 unspecified atom stereocenters. The van der Waals surface area contributed by atoms with Crippen molar-refractivity contribution in [1.82, 2.24) is 20.2 Å². The SMILES string of the molecule is FN1C=CN(c2noc(-c3ccccn3)n2)C1. The summed E-state index contributed by atoms with van der Waals surface area (Å²) in [5, 5.41) is 4.29. The second-order valence-electron chi connectivity index (χ2n) is 3.42. The fourth-order valence-corrected chi connectivity index (χ4v) is 1.45. The summed E-state index contributed by atoms with van der Waals surface area (Å²) in [6, 6.07) is 5.38. The van der Waals surface area contributed by atoms with Crippen molar-refractivity contribution < 1.29 is 9.00 Å².